The molecule has 6 rings (SSSR count). The quantitative estimate of drug-likeness (QED) is 0.428. The lowest BCUT2D eigenvalue weighted by Gasteiger charge is -2.36. The third-order valence-corrected chi connectivity index (χ3v) is 6.29. The van der Waals surface area contributed by atoms with Crippen LogP contribution in [0.4, 0.5) is 21.6 Å². The number of para-hydroxylation sites is 2. The van der Waals surface area contributed by atoms with Gasteiger partial charge in [0.05, 0.1) is 11.0 Å². The van der Waals surface area contributed by atoms with Gasteiger partial charge in [0.1, 0.15) is 12.1 Å². The average molecular weight is 468 g/mol. The van der Waals surface area contributed by atoms with Gasteiger partial charge < -0.3 is 15.1 Å². The maximum Gasteiger partial charge on any atom is 0.253 e. The van der Waals surface area contributed by atoms with Crippen molar-refractivity contribution in [1.82, 2.24) is 24.5 Å². The summed E-state index contributed by atoms with van der Waals surface area (Å²) in [6.07, 6.45) is 1.67. The standard InChI is InChI=1S/C26H22FN7O/c27-19-7-11-21(12-8-19)32-13-15-33(16-14-32)26(35)18-5-9-20(10-6-18)29-24-25-31-28-17-34(25)23-4-2-1-3-22(23)30-24/h1-12,17H,13-16H2,(H,29,30). The van der Waals surface area contributed by atoms with E-state index >= 15 is 0 Å². The Morgan fingerprint density at radius 3 is 2.40 bits per heavy atom. The average Bonchev–Trinajstić information content (AvgIpc) is 3.40. The summed E-state index contributed by atoms with van der Waals surface area (Å²) in [6.45, 7) is 2.64. The van der Waals surface area contributed by atoms with Crippen molar-refractivity contribution in [2.24, 2.45) is 0 Å². The molecular formula is C26H22FN7O. The van der Waals surface area contributed by atoms with Crippen LogP contribution in [0.2, 0.25) is 0 Å². The van der Waals surface area contributed by atoms with Crippen LogP contribution in [0.15, 0.2) is 79.1 Å². The van der Waals surface area contributed by atoms with Crippen LogP contribution in [0.5, 0.6) is 0 Å². The van der Waals surface area contributed by atoms with Gasteiger partial charge in [-0.25, -0.2) is 9.37 Å². The van der Waals surface area contributed by atoms with Gasteiger partial charge in [-0.1, -0.05) is 12.1 Å². The number of piperazine rings is 1. The van der Waals surface area contributed by atoms with Crippen molar-refractivity contribution >= 4 is 39.8 Å². The SMILES string of the molecule is O=C(c1ccc(Nc2nc3ccccc3n3cnnc23)cc1)N1CCN(c2ccc(F)cc2)CC1. The molecule has 35 heavy (non-hydrogen) atoms. The van der Waals surface area contributed by atoms with Gasteiger partial charge in [-0.15, -0.1) is 10.2 Å². The van der Waals surface area contributed by atoms with Crippen molar-refractivity contribution in [2.45, 2.75) is 0 Å². The lowest BCUT2D eigenvalue weighted by Crippen LogP contribution is -2.48. The number of amides is 1. The summed E-state index contributed by atoms with van der Waals surface area (Å²) in [4.78, 5) is 21.8. The number of carbonyl (C=O) groups excluding carboxylic acids is 1. The predicted molar refractivity (Wildman–Crippen MR) is 133 cm³/mol. The van der Waals surface area contributed by atoms with Gasteiger partial charge in [-0.05, 0) is 60.7 Å². The van der Waals surface area contributed by atoms with E-state index < -0.39 is 0 Å². The monoisotopic (exact) mass is 467 g/mol. The first-order chi connectivity index (χ1) is 17.2. The number of rotatable bonds is 4. The molecule has 1 aliphatic heterocycles. The van der Waals surface area contributed by atoms with Crippen molar-refractivity contribution in [3.8, 4) is 0 Å². The third-order valence-electron chi connectivity index (χ3n) is 6.29. The molecular weight excluding hydrogens is 445 g/mol. The Hall–Kier alpha value is -4.53. The van der Waals surface area contributed by atoms with E-state index in [1.54, 1.807) is 18.5 Å². The van der Waals surface area contributed by atoms with E-state index in [4.69, 9.17) is 4.98 Å². The zero-order valence-electron chi connectivity index (χ0n) is 18.8. The summed E-state index contributed by atoms with van der Waals surface area (Å²) < 4.78 is 15.1. The topological polar surface area (TPSA) is 78.7 Å². The van der Waals surface area contributed by atoms with Crippen LogP contribution in [0, 0.1) is 5.82 Å². The molecule has 9 heteroatoms. The molecule has 0 bridgehead atoms. The number of hydrogen-bond donors (Lipinski definition) is 1. The molecule has 0 saturated carbocycles. The lowest BCUT2D eigenvalue weighted by molar-refractivity contribution is 0.0747. The second-order valence-electron chi connectivity index (χ2n) is 8.43. The lowest BCUT2D eigenvalue weighted by atomic mass is 10.1. The maximum atomic E-state index is 13.2. The second-order valence-corrected chi connectivity index (χ2v) is 8.43. The normalized spacial score (nSPS) is 14.0. The van der Waals surface area contributed by atoms with Crippen molar-refractivity contribution in [3.05, 3.63) is 90.5 Å². The first kappa shape index (κ1) is 21.0. The Labute approximate surface area is 200 Å². The first-order valence-corrected chi connectivity index (χ1v) is 11.4. The second kappa shape index (κ2) is 8.68. The number of carbonyl (C=O) groups is 1. The molecule has 5 aromatic rings. The van der Waals surface area contributed by atoms with Crippen molar-refractivity contribution in [1.29, 1.82) is 0 Å². The van der Waals surface area contributed by atoms with Gasteiger partial charge in [0.25, 0.3) is 5.91 Å². The van der Waals surface area contributed by atoms with E-state index in [9.17, 15) is 9.18 Å². The zero-order chi connectivity index (χ0) is 23.8. The maximum absolute atomic E-state index is 13.2. The molecule has 1 saturated heterocycles. The number of halogens is 1. The van der Waals surface area contributed by atoms with E-state index in [0.717, 1.165) is 22.4 Å². The van der Waals surface area contributed by atoms with Gasteiger partial charge in [-0.3, -0.25) is 9.20 Å². The van der Waals surface area contributed by atoms with E-state index in [-0.39, 0.29) is 11.7 Å². The van der Waals surface area contributed by atoms with E-state index in [2.05, 4.69) is 20.4 Å². The van der Waals surface area contributed by atoms with Gasteiger partial charge in [0, 0.05) is 43.1 Å². The summed E-state index contributed by atoms with van der Waals surface area (Å²) >= 11 is 0. The van der Waals surface area contributed by atoms with Crippen molar-refractivity contribution < 1.29 is 9.18 Å². The van der Waals surface area contributed by atoms with Gasteiger partial charge in [-0.2, -0.15) is 0 Å². The molecule has 1 amide bonds. The molecule has 2 aromatic heterocycles. The van der Waals surface area contributed by atoms with Crippen LogP contribution in [-0.2, 0) is 0 Å². The van der Waals surface area contributed by atoms with Crippen LogP contribution >= 0.6 is 0 Å². The van der Waals surface area contributed by atoms with Crippen LogP contribution < -0.4 is 10.2 Å². The molecule has 0 aliphatic carbocycles. The van der Waals surface area contributed by atoms with Crippen molar-refractivity contribution in [3.63, 3.8) is 0 Å². The largest absolute Gasteiger partial charge is 0.368 e. The van der Waals surface area contributed by atoms with E-state index in [1.807, 2.05) is 57.8 Å². The molecule has 1 N–H and O–H groups in total. The van der Waals surface area contributed by atoms with Gasteiger partial charge in [0.15, 0.2) is 5.82 Å². The molecule has 3 aromatic carbocycles. The minimum atomic E-state index is -0.247. The minimum Gasteiger partial charge on any atom is -0.368 e. The summed E-state index contributed by atoms with van der Waals surface area (Å²) in [5.41, 5.74) is 4.79. The summed E-state index contributed by atoms with van der Waals surface area (Å²) in [6, 6.07) is 21.7. The van der Waals surface area contributed by atoms with Gasteiger partial charge >= 0.3 is 0 Å². The Kier molecular flexibility index (Phi) is 5.21. The van der Waals surface area contributed by atoms with Gasteiger partial charge in [0.2, 0.25) is 5.65 Å². The summed E-state index contributed by atoms with van der Waals surface area (Å²) in [7, 11) is 0. The molecule has 174 valence electrons. The highest BCUT2D eigenvalue weighted by molar-refractivity contribution is 5.95. The molecule has 0 radical (unpaired) electrons. The Bertz CT molecular complexity index is 1510. The highest BCUT2D eigenvalue weighted by atomic mass is 19.1. The first-order valence-electron chi connectivity index (χ1n) is 11.4. The van der Waals surface area contributed by atoms with Crippen LogP contribution in [0.25, 0.3) is 16.7 Å². The predicted octanol–water partition coefficient (Wildman–Crippen LogP) is 4.12. The molecule has 0 atom stereocenters. The number of benzene rings is 3. The van der Waals surface area contributed by atoms with Crippen LogP contribution in [0.3, 0.4) is 0 Å². The fraction of sp³-hybridized carbons (Fsp3) is 0.154. The molecule has 0 spiro atoms. The fourth-order valence-corrected chi connectivity index (χ4v) is 4.42. The number of aromatic nitrogens is 4. The molecule has 1 aliphatic rings. The summed E-state index contributed by atoms with van der Waals surface area (Å²) in [5, 5.41) is 11.5. The van der Waals surface area contributed by atoms with E-state index in [1.165, 1.54) is 12.1 Å². The third kappa shape index (κ3) is 4.01. The number of anilines is 3. The van der Waals surface area contributed by atoms with E-state index in [0.29, 0.717) is 43.2 Å². The van der Waals surface area contributed by atoms with Crippen molar-refractivity contribution in [2.75, 3.05) is 36.4 Å². The Morgan fingerprint density at radius 2 is 1.63 bits per heavy atom. The van der Waals surface area contributed by atoms with Crippen LogP contribution in [0.1, 0.15) is 10.4 Å². The zero-order valence-corrected chi connectivity index (χ0v) is 18.8. The highest BCUT2D eigenvalue weighted by Gasteiger charge is 2.22. The molecule has 8 nitrogen and oxygen atoms in total. The number of nitrogens with zero attached hydrogens (tertiary/aromatic N) is 6. The number of fused-ring (bicyclic) bond motifs is 3. The fourth-order valence-electron chi connectivity index (χ4n) is 4.42. The minimum absolute atomic E-state index is 0.000941. The Morgan fingerprint density at radius 1 is 0.886 bits per heavy atom. The highest BCUT2D eigenvalue weighted by Crippen LogP contribution is 2.24. The molecule has 3 heterocycles. The molecule has 0 unspecified atom stereocenters. The smallest absolute Gasteiger partial charge is 0.253 e. The number of hydrogen-bond acceptors (Lipinski definition) is 6. The van der Waals surface area contributed by atoms with Crippen LogP contribution in [-0.4, -0.2) is 56.6 Å². The summed E-state index contributed by atoms with van der Waals surface area (Å²) in [5.74, 6) is 0.346. The Balaban J connectivity index is 1.15. The molecule has 1 fully saturated rings. The number of nitrogens with one attached hydrogen (secondary N) is 1.